The van der Waals surface area contributed by atoms with Crippen molar-refractivity contribution in [2.24, 2.45) is 0 Å². The van der Waals surface area contributed by atoms with Gasteiger partial charge in [-0.15, -0.1) is 0 Å². The van der Waals surface area contributed by atoms with Gasteiger partial charge in [0, 0.05) is 12.0 Å². The fraction of sp³-hybridized carbons (Fsp3) is 0.625. The van der Waals surface area contributed by atoms with Gasteiger partial charge in [0.25, 0.3) is 0 Å². The molecule has 1 aliphatic rings. The molecular formula is C16H23Cl2N. The average molecular weight is 300 g/mol. The summed E-state index contributed by atoms with van der Waals surface area (Å²) in [5.41, 5.74) is 1.60. The first kappa shape index (κ1) is 15.2. The van der Waals surface area contributed by atoms with Crippen LogP contribution < -0.4 is 5.32 Å². The van der Waals surface area contributed by atoms with Gasteiger partial charge in [-0.25, -0.2) is 0 Å². The van der Waals surface area contributed by atoms with Crippen LogP contribution in [0.3, 0.4) is 0 Å². The molecular weight excluding hydrogens is 277 g/mol. The Labute approximate surface area is 126 Å². The minimum atomic E-state index is 0.252. The Morgan fingerprint density at radius 3 is 2.47 bits per heavy atom. The lowest BCUT2D eigenvalue weighted by atomic mass is 9.69. The first-order valence-electron chi connectivity index (χ1n) is 7.34. The molecule has 19 heavy (non-hydrogen) atoms. The molecule has 0 amide bonds. The van der Waals surface area contributed by atoms with Crippen molar-refractivity contribution in [3.05, 3.63) is 33.8 Å². The SMILES string of the molecule is CCCNCC1(c2ccc(Cl)c(Cl)c2)CCCCC1. The number of benzene rings is 1. The van der Waals surface area contributed by atoms with Gasteiger partial charge in [0.15, 0.2) is 0 Å². The molecule has 1 aromatic rings. The highest BCUT2D eigenvalue weighted by Gasteiger charge is 2.33. The Hall–Kier alpha value is -0.240. The molecule has 0 saturated heterocycles. The molecule has 0 aliphatic heterocycles. The summed E-state index contributed by atoms with van der Waals surface area (Å²) >= 11 is 12.2. The van der Waals surface area contributed by atoms with Gasteiger partial charge in [-0.2, -0.15) is 0 Å². The minimum Gasteiger partial charge on any atom is -0.316 e. The predicted octanol–water partition coefficient (Wildman–Crippen LogP) is 5.19. The number of rotatable bonds is 5. The van der Waals surface area contributed by atoms with Crippen molar-refractivity contribution in [1.82, 2.24) is 5.32 Å². The second-order valence-electron chi connectivity index (χ2n) is 5.65. The molecule has 1 fully saturated rings. The van der Waals surface area contributed by atoms with Crippen LogP contribution in [-0.2, 0) is 5.41 Å². The van der Waals surface area contributed by atoms with Crippen LogP contribution in [0.1, 0.15) is 51.0 Å². The van der Waals surface area contributed by atoms with E-state index in [0.29, 0.717) is 10.0 Å². The van der Waals surface area contributed by atoms with E-state index >= 15 is 0 Å². The molecule has 1 saturated carbocycles. The first-order valence-corrected chi connectivity index (χ1v) is 8.10. The highest BCUT2D eigenvalue weighted by atomic mass is 35.5. The van der Waals surface area contributed by atoms with Crippen LogP contribution in [-0.4, -0.2) is 13.1 Å². The zero-order chi connectivity index (χ0) is 13.7. The Kier molecular flexibility index (Phi) is 5.56. The molecule has 0 spiro atoms. The van der Waals surface area contributed by atoms with Gasteiger partial charge in [0.05, 0.1) is 10.0 Å². The summed E-state index contributed by atoms with van der Waals surface area (Å²) < 4.78 is 0. The maximum atomic E-state index is 6.20. The standard InChI is InChI=1S/C16H23Cl2N/c1-2-10-19-12-16(8-4-3-5-9-16)13-6-7-14(17)15(18)11-13/h6-7,11,19H,2-5,8-10,12H2,1H3. The molecule has 0 bridgehead atoms. The molecule has 0 unspecified atom stereocenters. The number of hydrogen-bond donors (Lipinski definition) is 1. The van der Waals surface area contributed by atoms with E-state index in [1.54, 1.807) is 0 Å². The topological polar surface area (TPSA) is 12.0 Å². The summed E-state index contributed by atoms with van der Waals surface area (Å²) in [5.74, 6) is 0. The molecule has 1 aromatic carbocycles. The van der Waals surface area contributed by atoms with Gasteiger partial charge in [0.1, 0.15) is 0 Å². The average Bonchev–Trinajstić information content (AvgIpc) is 2.43. The quantitative estimate of drug-likeness (QED) is 0.737. The summed E-state index contributed by atoms with van der Waals surface area (Å²) in [4.78, 5) is 0. The number of halogens is 2. The second-order valence-corrected chi connectivity index (χ2v) is 6.46. The maximum Gasteiger partial charge on any atom is 0.0595 e. The van der Waals surface area contributed by atoms with E-state index in [-0.39, 0.29) is 5.41 Å². The van der Waals surface area contributed by atoms with Crippen molar-refractivity contribution in [3.8, 4) is 0 Å². The molecule has 0 atom stereocenters. The third-order valence-electron chi connectivity index (χ3n) is 4.23. The lowest BCUT2D eigenvalue weighted by molar-refractivity contribution is 0.280. The Morgan fingerprint density at radius 1 is 1.11 bits per heavy atom. The van der Waals surface area contributed by atoms with Gasteiger partial charge in [-0.3, -0.25) is 0 Å². The third-order valence-corrected chi connectivity index (χ3v) is 4.97. The zero-order valence-electron chi connectivity index (χ0n) is 11.6. The number of nitrogens with one attached hydrogen (secondary N) is 1. The van der Waals surface area contributed by atoms with Gasteiger partial charge >= 0.3 is 0 Å². The molecule has 1 N–H and O–H groups in total. The highest BCUT2D eigenvalue weighted by Crippen LogP contribution is 2.40. The summed E-state index contributed by atoms with van der Waals surface area (Å²) in [6, 6.07) is 6.17. The summed E-state index contributed by atoms with van der Waals surface area (Å²) in [6.07, 6.45) is 7.67. The van der Waals surface area contributed by atoms with Crippen molar-refractivity contribution >= 4 is 23.2 Å². The van der Waals surface area contributed by atoms with Gasteiger partial charge in [0.2, 0.25) is 0 Å². The summed E-state index contributed by atoms with van der Waals surface area (Å²) in [5, 5.41) is 4.93. The normalized spacial score (nSPS) is 18.5. The van der Waals surface area contributed by atoms with E-state index in [1.165, 1.54) is 44.1 Å². The van der Waals surface area contributed by atoms with Crippen LogP contribution in [0.5, 0.6) is 0 Å². The van der Waals surface area contributed by atoms with Crippen LogP contribution >= 0.6 is 23.2 Å². The summed E-state index contributed by atoms with van der Waals surface area (Å²) in [7, 11) is 0. The van der Waals surface area contributed by atoms with Crippen molar-refractivity contribution in [1.29, 1.82) is 0 Å². The summed E-state index contributed by atoms with van der Waals surface area (Å²) in [6.45, 7) is 4.35. The van der Waals surface area contributed by atoms with Gasteiger partial charge in [-0.1, -0.05) is 55.5 Å². The highest BCUT2D eigenvalue weighted by molar-refractivity contribution is 6.42. The molecule has 106 valence electrons. The molecule has 0 aromatic heterocycles. The smallest absolute Gasteiger partial charge is 0.0595 e. The second kappa shape index (κ2) is 6.97. The lowest BCUT2D eigenvalue weighted by Gasteiger charge is -2.38. The predicted molar refractivity (Wildman–Crippen MR) is 84.4 cm³/mol. The van der Waals surface area contributed by atoms with Crippen LogP contribution in [0.4, 0.5) is 0 Å². The van der Waals surface area contributed by atoms with Crippen molar-refractivity contribution in [3.63, 3.8) is 0 Å². The third kappa shape index (κ3) is 3.65. The molecule has 1 aliphatic carbocycles. The molecule has 0 radical (unpaired) electrons. The van der Waals surface area contributed by atoms with Crippen molar-refractivity contribution in [2.45, 2.75) is 50.9 Å². The lowest BCUT2D eigenvalue weighted by Crippen LogP contribution is -2.40. The van der Waals surface area contributed by atoms with Gasteiger partial charge in [-0.05, 0) is 43.5 Å². The Bertz CT molecular complexity index is 411. The van der Waals surface area contributed by atoms with E-state index in [1.807, 2.05) is 6.07 Å². The molecule has 1 nitrogen and oxygen atoms in total. The van der Waals surface area contributed by atoms with E-state index in [0.717, 1.165) is 13.1 Å². The van der Waals surface area contributed by atoms with E-state index in [4.69, 9.17) is 23.2 Å². The maximum absolute atomic E-state index is 6.20. The molecule has 2 rings (SSSR count). The van der Waals surface area contributed by atoms with E-state index < -0.39 is 0 Å². The largest absolute Gasteiger partial charge is 0.316 e. The van der Waals surface area contributed by atoms with E-state index in [2.05, 4.69) is 24.4 Å². The zero-order valence-corrected chi connectivity index (χ0v) is 13.2. The molecule has 3 heteroatoms. The Balaban J connectivity index is 2.22. The van der Waals surface area contributed by atoms with Crippen LogP contribution in [0.25, 0.3) is 0 Å². The van der Waals surface area contributed by atoms with Crippen molar-refractivity contribution in [2.75, 3.05) is 13.1 Å². The van der Waals surface area contributed by atoms with Crippen molar-refractivity contribution < 1.29 is 0 Å². The van der Waals surface area contributed by atoms with Crippen LogP contribution in [0.2, 0.25) is 10.0 Å². The Morgan fingerprint density at radius 2 is 1.84 bits per heavy atom. The first-order chi connectivity index (χ1) is 9.18. The van der Waals surface area contributed by atoms with Crippen LogP contribution in [0, 0.1) is 0 Å². The van der Waals surface area contributed by atoms with Gasteiger partial charge < -0.3 is 5.32 Å². The number of hydrogen-bond acceptors (Lipinski definition) is 1. The fourth-order valence-electron chi connectivity index (χ4n) is 3.13. The fourth-order valence-corrected chi connectivity index (χ4v) is 3.42. The minimum absolute atomic E-state index is 0.252. The molecule has 0 heterocycles. The van der Waals surface area contributed by atoms with Crippen LogP contribution in [0.15, 0.2) is 18.2 Å². The van der Waals surface area contributed by atoms with E-state index in [9.17, 15) is 0 Å². The monoisotopic (exact) mass is 299 g/mol.